The Kier molecular flexibility index (Phi) is 5.39. The number of anilines is 1. The summed E-state index contributed by atoms with van der Waals surface area (Å²) in [6, 6.07) is 2.26. The molecule has 0 bridgehead atoms. The molecule has 0 atom stereocenters. The summed E-state index contributed by atoms with van der Waals surface area (Å²) in [7, 11) is 2.22. The summed E-state index contributed by atoms with van der Waals surface area (Å²) in [6.07, 6.45) is 9.35. The SMILES string of the molecule is CN(CCCNc1cc(=O)[nH]cn1)C1CCCCC1. The van der Waals surface area contributed by atoms with Crippen LogP contribution in [0.3, 0.4) is 0 Å². The Labute approximate surface area is 114 Å². The summed E-state index contributed by atoms with van der Waals surface area (Å²) in [5.74, 6) is 0.657. The molecule has 0 aromatic carbocycles. The Morgan fingerprint density at radius 1 is 1.42 bits per heavy atom. The van der Waals surface area contributed by atoms with Crippen LogP contribution in [0.15, 0.2) is 17.2 Å². The molecule has 0 unspecified atom stereocenters. The van der Waals surface area contributed by atoms with Crippen molar-refractivity contribution in [1.82, 2.24) is 14.9 Å². The molecule has 0 spiro atoms. The van der Waals surface area contributed by atoms with Gasteiger partial charge in [-0.15, -0.1) is 0 Å². The van der Waals surface area contributed by atoms with E-state index in [-0.39, 0.29) is 5.56 Å². The van der Waals surface area contributed by atoms with Crippen LogP contribution in [0.4, 0.5) is 5.82 Å². The van der Waals surface area contributed by atoms with Crippen LogP contribution < -0.4 is 10.9 Å². The van der Waals surface area contributed by atoms with Gasteiger partial charge in [-0.25, -0.2) is 4.98 Å². The lowest BCUT2D eigenvalue weighted by Crippen LogP contribution is -2.34. The highest BCUT2D eigenvalue weighted by Crippen LogP contribution is 2.21. The van der Waals surface area contributed by atoms with E-state index in [9.17, 15) is 4.79 Å². The predicted molar refractivity (Wildman–Crippen MR) is 77.5 cm³/mol. The summed E-state index contributed by atoms with van der Waals surface area (Å²) >= 11 is 0. The second-order valence-electron chi connectivity index (χ2n) is 5.35. The molecule has 1 aliphatic rings. The van der Waals surface area contributed by atoms with Crippen LogP contribution in [0.1, 0.15) is 38.5 Å². The van der Waals surface area contributed by atoms with Crippen LogP contribution in [-0.4, -0.2) is 41.0 Å². The monoisotopic (exact) mass is 264 g/mol. The van der Waals surface area contributed by atoms with Gasteiger partial charge in [0.25, 0.3) is 5.56 Å². The van der Waals surface area contributed by atoms with E-state index in [2.05, 4.69) is 27.2 Å². The molecule has 5 heteroatoms. The molecule has 1 heterocycles. The average molecular weight is 264 g/mol. The van der Waals surface area contributed by atoms with Crippen LogP contribution in [0.25, 0.3) is 0 Å². The van der Waals surface area contributed by atoms with E-state index < -0.39 is 0 Å². The van der Waals surface area contributed by atoms with Gasteiger partial charge in [0.15, 0.2) is 0 Å². The molecule has 1 aliphatic carbocycles. The lowest BCUT2D eigenvalue weighted by atomic mass is 9.94. The summed E-state index contributed by atoms with van der Waals surface area (Å²) in [6.45, 7) is 1.95. The van der Waals surface area contributed by atoms with Gasteiger partial charge in [-0.2, -0.15) is 0 Å². The summed E-state index contributed by atoms with van der Waals surface area (Å²) in [5.41, 5.74) is -0.114. The lowest BCUT2D eigenvalue weighted by molar-refractivity contribution is 0.191. The minimum atomic E-state index is -0.114. The molecule has 1 aromatic heterocycles. The molecule has 0 radical (unpaired) electrons. The number of nitrogens with one attached hydrogen (secondary N) is 2. The van der Waals surface area contributed by atoms with E-state index in [1.54, 1.807) is 0 Å². The second-order valence-corrected chi connectivity index (χ2v) is 5.35. The molecular formula is C14H24N4O. The van der Waals surface area contributed by atoms with E-state index in [0.29, 0.717) is 5.82 Å². The maximum absolute atomic E-state index is 11.1. The maximum Gasteiger partial charge on any atom is 0.252 e. The Bertz CT molecular complexity index is 425. The minimum absolute atomic E-state index is 0.114. The van der Waals surface area contributed by atoms with Crippen LogP contribution in [0.5, 0.6) is 0 Å². The van der Waals surface area contributed by atoms with Crippen LogP contribution in [0, 0.1) is 0 Å². The first kappa shape index (κ1) is 14.1. The predicted octanol–water partition coefficient (Wildman–Crippen LogP) is 1.84. The van der Waals surface area contributed by atoms with E-state index in [1.807, 2.05) is 0 Å². The summed E-state index contributed by atoms with van der Waals surface area (Å²) < 4.78 is 0. The standard InChI is InChI=1S/C14H24N4O/c1-18(12-6-3-2-4-7-12)9-5-8-15-13-10-14(19)17-11-16-13/h10-12H,2-9H2,1H3,(H2,15,16,17,19). The van der Waals surface area contributed by atoms with Crippen LogP contribution >= 0.6 is 0 Å². The number of nitrogens with zero attached hydrogens (tertiary/aromatic N) is 2. The van der Waals surface area contributed by atoms with Gasteiger partial charge in [0.05, 0.1) is 6.33 Å². The number of hydrogen-bond acceptors (Lipinski definition) is 4. The van der Waals surface area contributed by atoms with E-state index in [1.165, 1.54) is 44.5 Å². The zero-order valence-electron chi connectivity index (χ0n) is 11.7. The first-order chi connectivity index (χ1) is 9.25. The molecule has 0 amide bonds. The van der Waals surface area contributed by atoms with Gasteiger partial charge in [-0.1, -0.05) is 19.3 Å². The van der Waals surface area contributed by atoms with Gasteiger partial charge in [0.2, 0.25) is 0 Å². The van der Waals surface area contributed by atoms with Gasteiger partial charge >= 0.3 is 0 Å². The van der Waals surface area contributed by atoms with Crippen molar-refractivity contribution in [2.45, 2.75) is 44.6 Å². The molecule has 1 fully saturated rings. The molecule has 2 rings (SSSR count). The first-order valence-electron chi connectivity index (χ1n) is 7.24. The largest absolute Gasteiger partial charge is 0.370 e. The fourth-order valence-electron chi connectivity index (χ4n) is 2.71. The number of H-pyrrole nitrogens is 1. The molecule has 19 heavy (non-hydrogen) atoms. The van der Waals surface area contributed by atoms with Crippen molar-refractivity contribution in [3.8, 4) is 0 Å². The number of aromatic nitrogens is 2. The number of rotatable bonds is 6. The molecule has 5 nitrogen and oxygen atoms in total. The van der Waals surface area contributed by atoms with Crippen molar-refractivity contribution in [3.63, 3.8) is 0 Å². The topological polar surface area (TPSA) is 61.0 Å². The van der Waals surface area contributed by atoms with Crippen molar-refractivity contribution < 1.29 is 0 Å². The van der Waals surface area contributed by atoms with E-state index in [0.717, 1.165) is 25.6 Å². The smallest absolute Gasteiger partial charge is 0.252 e. The van der Waals surface area contributed by atoms with Crippen molar-refractivity contribution in [1.29, 1.82) is 0 Å². The average Bonchev–Trinajstić information content (AvgIpc) is 2.44. The summed E-state index contributed by atoms with van der Waals surface area (Å²) in [4.78, 5) is 20.1. The van der Waals surface area contributed by atoms with Gasteiger partial charge in [-0.05, 0) is 32.9 Å². The van der Waals surface area contributed by atoms with E-state index in [4.69, 9.17) is 0 Å². The van der Waals surface area contributed by atoms with Gasteiger partial charge in [0, 0.05) is 18.7 Å². The van der Waals surface area contributed by atoms with Gasteiger partial charge in [0.1, 0.15) is 5.82 Å². The molecule has 2 N–H and O–H groups in total. The minimum Gasteiger partial charge on any atom is -0.370 e. The van der Waals surface area contributed by atoms with E-state index >= 15 is 0 Å². The van der Waals surface area contributed by atoms with Crippen LogP contribution in [-0.2, 0) is 0 Å². The highest BCUT2D eigenvalue weighted by Gasteiger charge is 2.17. The van der Waals surface area contributed by atoms with Crippen molar-refractivity contribution in [2.75, 3.05) is 25.5 Å². The summed E-state index contributed by atoms with van der Waals surface area (Å²) in [5, 5.41) is 3.19. The third-order valence-electron chi connectivity index (χ3n) is 3.87. The first-order valence-corrected chi connectivity index (χ1v) is 7.24. The molecular weight excluding hydrogens is 240 g/mol. The quantitative estimate of drug-likeness (QED) is 0.770. The Hall–Kier alpha value is -1.36. The maximum atomic E-state index is 11.1. The van der Waals surface area contributed by atoms with Crippen molar-refractivity contribution in [2.24, 2.45) is 0 Å². The molecule has 106 valence electrons. The Morgan fingerprint density at radius 3 is 2.95 bits per heavy atom. The molecule has 0 saturated heterocycles. The third kappa shape index (κ3) is 4.67. The fourth-order valence-corrected chi connectivity index (χ4v) is 2.71. The van der Waals surface area contributed by atoms with Gasteiger partial charge in [-0.3, -0.25) is 4.79 Å². The fraction of sp³-hybridized carbons (Fsp3) is 0.714. The molecule has 1 aromatic rings. The Balaban J connectivity index is 1.64. The molecule has 1 saturated carbocycles. The third-order valence-corrected chi connectivity index (χ3v) is 3.87. The van der Waals surface area contributed by atoms with Crippen LogP contribution in [0.2, 0.25) is 0 Å². The lowest BCUT2D eigenvalue weighted by Gasteiger charge is -2.31. The zero-order chi connectivity index (χ0) is 13.5. The number of hydrogen-bond donors (Lipinski definition) is 2. The molecule has 0 aliphatic heterocycles. The van der Waals surface area contributed by atoms with Crippen molar-refractivity contribution in [3.05, 3.63) is 22.7 Å². The Morgan fingerprint density at radius 2 is 2.21 bits per heavy atom. The highest BCUT2D eigenvalue weighted by molar-refractivity contribution is 5.31. The van der Waals surface area contributed by atoms with Crippen molar-refractivity contribution >= 4 is 5.82 Å². The van der Waals surface area contributed by atoms with Gasteiger partial charge < -0.3 is 15.2 Å². The second kappa shape index (κ2) is 7.28. The zero-order valence-corrected chi connectivity index (χ0v) is 11.7. The highest BCUT2D eigenvalue weighted by atomic mass is 16.1. The number of aromatic amines is 1. The normalized spacial score (nSPS) is 16.7.